The van der Waals surface area contributed by atoms with E-state index in [0.717, 1.165) is 36.6 Å². The Morgan fingerprint density at radius 1 is 1.38 bits per heavy atom. The third-order valence-electron chi connectivity index (χ3n) is 4.62. The van der Waals surface area contributed by atoms with Gasteiger partial charge in [0, 0.05) is 24.3 Å². The largest absolute Gasteiger partial charge is 0.462 e. The normalized spacial score (nSPS) is 17.1. The molecule has 0 spiro atoms. The number of rotatable bonds is 4. The number of esters is 1. The van der Waals surface area contributed by atoms with Gasteiger partial charge in [0.2, 0.25) is 0 Å². The molecule has 1 saturated heterocycles. The van der Waals surface area contributed by atoms with Crippen molar-refractivity contribution in [3.05, 3.63) is 40.8 Å². The lowest BCUT2D eigenvalue weighted by Gasteiger charge is -2.32. The van der Waals surface area contributed by atoms with Crippen molar-refractivity contribution in [3.8, 4) is 0 Å². The van der Waals surface area contributed by atoms with E-state index in [1.165, 1.54) is 0 Å². The van der Waals surface area contributed by atoms with E-state index in [1.807, 2.05) is 13.0 Å². The zero-order chi connectivity index (χ0) is 18.3. The number of aromatic nitrogens is 2. The van der Waals surface area contributed by atoms with Gasteiger partial charge in [-0.25, -0.2) is 9.78 Å². The zero-order valence-corrected chi connectivity index (χ0v) is 14.8. The summed E-state index contributed by atoms with van der Waals surface area (Å²) in [6, 6.07) is 3.66. The standard InChI is InChI=1S/C19H20N4O3/c1-3-26-19(25)14-7-11(2)21-15(14)8-13-12-9-17(23-5-4-6-23)20-10-16(12)22-18(13)24/h7-10,21H,3-6H2,1-2H3,(H,22,24)/b13-8-. The van der Waals surface area contributed by atoms with E-state index in [4.69, 9.17) is 4.74 Å². The van der Waals surface area contributed by atoms with Crippen molar-refractivity contribution < 1.29 is 14.3 Å². The van der Waals surface area contributed by atoms with Crippen molar-refractivity contribution >= 4 is 35.0 Å². The first kappa shape index (κ1) is 16.4. The van der Waals surface area contributed by atoms with Crippen LogP contribution in [0.1, 0.15) is 40.7 Å². The first-order valence-electron chi connectivity index (χ1n) is 8.72. The van der Waals surface area contributed by atoms with Gasteiger partial charge in [-0.1, -0.05) is 0 Å². The molecule has 7 nitrogen and oxygen atoms in total. The highest BCUT2D eigenvalue weighted by atomic mass is 16.5. The minimum Gasteiger partial charge on any atom is -0.462 e. The van der Waals surface area contributed by atoms with Crippen molar-refractivity contribution in [1.82, 2.24) is 9.97 Å². The smallest absolute Gasteiger partial charge is 0.340 e. The third kappa shape index (κ3) is 2.75. The van der Waals surface area contributed by atoms with E-state index in [2.05, 4.69) is 20.2 Å². The number of carbonyl (C=O) groups excluding carboxylic acids is 2. The molecule has 4 heterocycles. The first-order valence-corrected chi connectivity index (χ1v) is 8.72. The predicted octanol–water partition coefficient (Wildman–Crippen LogP) is 2.60. The number of ether oxygens (including phenoxy) is 1. The maximum atomic E-state index is 12.5. The molecule has 0 saturated carbocycles. The first-order chi connectivity index (χ1) is 12.6. The molecule has 0 unspecified atom stereocenters. The Bertz CT molecular complexity index is 925. The van der Waals surface area contributed by atoms with Crippen LogP contribution in [-0.4, -0.2) is 41.5 Å². The molecule has 7 heteroatoms. The fourth-order valence-electron chi connectivity index (χ4n) is 3.19. The van der Waals surface area contributed by atoms with Crippen LogP contribution in [0, 0.1) is 6.92 Å². The van der Waals surface area contributed by atoms with Crippen LogP contribution >= 0.6 is 0 Å². The minimum atomic E-state index is -0.404. The summed E-state index contributed by atoms with van der Waals surface area (Å²) in [7, 11) is 0. The summed E-state index contributed by atoms with van der Waals surface area (Å²) >= 11 is 0. The number of aromatic amines is 1. The molecule has 2 aliphatic heterocycles. The number of nitrogens with one attached hydrogen (secondary N) is 2. The second-order valence-corrected chi connectivity index (χ2v) is 6.44. The Balaban J connectivity index is 1.75. The minimum absolute atomic E-state index is 0.204. The third-order valence-corrected chi connectivity index (χ3v) is 4.62. The van der Waals surface area contributed by atoms with Crippen LogP contribution in [0.5, 0.6) is 0 Å². The number of anilines is 2. The number of nitrogens with zero attached hydrogens (tertiary/aromatic N) is 2. The summed E-state index contributed by atoms with van der Waals surface area (Å²) in [6.45, 7) is 5.89. The molecule has 0 radical (unpaired) electrons. The maximum absolute atomic E-state index is 12.5. The number of fused-ring (bicyclic) bond motifs is 1. The van der Waals surface area contributed by atoms with Crippen molar-refractivity contribution in [3.63, 3.8) is 0 Å². The Morgan fingerprint density at radius 2 is 2.19 bits per heavy atom. The Morgan fingerprint density at radius 3 is 2.88 bits per heavy atom. The van der Waals surface area contributed by atoms with Gasteiger partial charge in [0.1, 0.15) is 5.82 Å². The summed E-state index contributed by atoms with van der Waals surface area (Å²) in [5.74, 6) is 0.258. The van der Waals surface area contributed by atoms with Crippen LogP contribution in [0.15, 0.2) is 18.3 Å². The van der Waals surface area contributed by atoms with Gasteiger partial charge in [-0.2, -0.15) is 0 Å². The molecule has 134 valence electrons. The number of hydrogen-bond donors (Lipinski definition) is 2. The van der Waals surface area contributed by atoms with Crippen LogP contribution in [0.2, 0.25) is 0 Å². The Labute approximate surface area is 151 Å². The van der Waals surface area contributed by atoms with Gasteiger partial charge >= 0.3 is 5.97 Å². The van der Waals surface area contributed by atoms with Crippen LogP contribution < -0.4 is 10.2 Å². The van der Waals surface area contributed by atoms with Gasteiger partial charge in [-0.15, -0.1) is 0 Å². The van der Waals surface area contributed by atoms with Crippen molar-refractivity contribution in [1.29, 1.82) is 0 Å². The van der Waals surface area contributed by atoms with Crippen molar-refractivity contribution in [2.75, 3.05) is 29.9 Å². The maximum Gasteiger partial charge on any atom is 0.340 e. The Kier molecular flexibility index (Phi) is 3.99. The van der Waals surface area contributed by atoms with E-state index < -0.39 is 5.97 Å². The average molecular weight is 352 g/mol. The summed E-state index contributed by atoms with van der Waals surface area (Å²) in [4.78, 5) is 34.4. The molecular weight excluding hydrogens is 332 g/mol. The molecule has 0 aliphatic carbocycles. The number of amides is 1. The fourth-order valence-corrected chi connectivity index (χ4v) is 3.19. The molecule has 0 bridgehead atoms. The molecule has 1 amide bonds. The van der Waals surface area contributed by atoms with Gasteiger partial charge in [-0.05, 0) is 38.5 Å². The Hall–Kier alpha value is -3.09. The number of hydrogen-bond acceptors (Lipinski definition) is 5. The highest BCUT2D eigenvalue weighted by Crippen LogP contribution is 2.35. The van der Waals surface area contributed by atoms with E-state index in [9.17, 15) is 9.59 Å². The highest BCUT2D eigenvalue weighted by Gasteiger charge is 2.28. The molecule has 26 heavy (non-hydrogen) atoms. The number of pyridine rings is 1. The highest BCUT2D eigenvalue weighted by molar-refractivity contribution is 6.35. The second kappa shape index (κ2) is 6.33. The van der Waals surface area contributed by atoms with Crippen LogP contribution in [-0.2, 0) is 9.53 Å². The van der Waals surface area contributed by atoms with Gasteiger partial charge in [0.15, 0.2) is 0 Å². The number of aryl methyl sites for hydroxylation is 1. The fraction of sp³-hybridized carbons (Fsp3) is 0.316. The molecule has 2 aromatic heterocycles. The number of carbonyl (C=O) groups is 2. The van der Waals surface area contributed by atoms with E-state index in [1.54, 1.807) is 25.3 Å². The molecule has 2 aromatic rings. The van der Waals surface area contributed by atoms with E-state index in [-0.39, 0.29) is 5.91 Å². The lowest BCUT2D eigenvalue weighted by molar-refractivity contribution is -0.110. The van der Waals surface area contributed by atoms with Crippen LogP contribution in [0.25, 0.3) is 11.6 Å². The van der Waals surface area contributed by atoms with Gasteiger partial charge in [0.05, 0.1) is 35.3 Å². The quantitative estimate of drug-likeness (QED) is 0.652. The van der Waals surface area contributed by atoms with Gasteiger partial charge in [-0.3, -0.25) is 4.79 Å². The second-order valence-electron chi connectivity index (χ2n) is 6.44. The summed E-state index contributed by atoms with van der Waals surface area (Å²) < 4.78 is 5.11. The summed E-state index contributed by atoms with van der Waals surface area (Å²) in [5.41, 5.74) is 3.82. The zero-order valence-electron chi connectivity index (χ0n) is 14.8. The van der Waals surface area contributed by atoms with Crippen LogP contribution in [0.3, 0.4) is 0 Å². The number of H-pyrrole nitrogens is 1. The lowest BCUT2D eigenvalue weighted by atomic mass is 10.1. The molecule has 1 fully saturated rings. The molecule has 0 atom stereocenters. The predicted molar refractivity (Wildman–Crippen MR) is 99.1 cm³/mol. The van der Waals surface area contributed by atoms with E-state index >= 15 is 0 Å². The molecule has 2 aliphatic rings. The van der Waals surface area contributed by atoms with E-state index in [0.29, 0.717) is 29.1 Å². The van der Waals surface area contributed by atoms with Crippen molar-refractivity contribution in [2.45, 2.75) is 20.3 Å². The molecule has 4 rings (SSSR count). The summed E-state index contributed by atoms with van der Waals surface area (Å²) in [6.07, 6.45) is 4.55. The lowest BCUT2D eigenvalue weighted by Crippen LogP contribution is -2.37. The monoisotopic (exact) mass is 352 g/mol. The molecular formula is C19H20N4O3. The van der Waals surface area contributed by atoms with Gasteiger partial charge in [0.25, 0.3) is 5.91 Å². The topological polar surface area (TPSA) is 87.3 Å². The molecule has 2 N–H and O–H groups in total. The average Bonchev–Trinajstić information content (AvgIpc) is 3.07. The van der Waals surface area contributed by atoms with Crippen LogP contribution in [0.4, 0.5) is 11.5 Å². The van der Waals surface area contributed by atoms with Crippen molar-refractivity contribution in [2.24, 2.45) is 0 Å². The summed E-state index contributed by atoms with van der Waals surface area (Å²) in [5, 5.41) is 2.83. The van der Waals surface area contributed by atoms with Gasteiger partial charge < -0.3 is 19.9 Å². The molecule has 0 aromatic carbocycles. The SMILES string of the molecule is CCOC(=O)c1cc(C)[nH]c1/C=C1\C(=O)Nc2cnc(N3CCC3)cc21.